The summed E-state index contributed by atoms with van der Waals surface area (Å²) in [4.78, 5) is 4.52. The SMILES string of the molecule is CCc1nc2cc(Br)ccn2c1C. The fourth-order valence-electron chi connectivity index (χ4n) is 1.53. The monoisotopic (exact) mass is 238 g/mol. The maximum absolute atomic E-state index is 4.52. The lowest BCUT2D eigenvalue weighted by atomic mass is 10.3. The molecule has 0 unspecified atom stereocenters. The Hall–Kier alpha value is -0.830. The molecule has 0 spiro atoms. The molecule has 0 fully saturated rings. The fraction of sp³-hybridized carbons (Fsp3) is 0.300. The van der Waals surface area contributed by atoms with Gasteiger partial charge in [0.05, 0.1) is 5.69 Å². The smallest absolute Gasteiger partial charge is 0.138 e. The molecule has 0 aromatic carbocycles. The highest BCUT2D eigenvalue weighted by Gasteiger charge is 2.05. The van der Waals surface area contributed by atoms with Gasteiger partial charge in [0.2, 0.25) is 0 Å². The second kappa shape index (κ2) is 3.14. The average molecular weight is 239 g/mol. The average Bonchev–Trinajstić information content (AvgIpc) is 2.42. The molecule has 0 saturated carbocycles. The van der Waals surface area contributed by atoms with Crippen molar-refractivity contribution in [3.8, 4) is 0 Å². The normalized spacial score (nSPS) is 11.0. The zero-order chi connectivity index (χ0) is 9.42. The van der Waals surface area contributed by atoms with Crippen LogP contribution in [0.1, 0.15) is 18.3 Å². The summed E-state index contributed by atoms with van der Waals surface area (Å²) >= 11 is 3.43. The maximum Gasteiger partial charge on any atom is 0.138 e. The van der Waals surface area contributed by atoms with E-state index in [4.69, 9.17) is 0 Å². The van der Waals surface area contributed by atoms with Gasteiger partial charge in [-0.1, -0.05) is 22.9 Å². The number of hydrogen-bond donors (Lipinski definition) is 0. The van der Waals surface area contributed by atoms with Crippen LogP contribution in [0.2, 0.25) is 0 Å². The van der Waals surface area contributed by atoms with Gasteiger partial charge in [-0.05, 0) is 25.5 Å². The van der Waals surface area contributed by atoms with E-state index in [1.807, 2.05) is 18.3 Å². The first kappa shape index (κ1) is 8.75. The number of aromatic nitrogens is 2. The van der Waals surface area contributed by atoms with Crippen LogP contribution in [-0.4, -0.2) is 9.38 Å². The molecule has 13 heavy (non-hydrogen) atoms. The molecule has 3 heteroatoms. The third kappa shape index (κ3) is 1.37. The maximum atomic E-state index is 4.52. The third-order valence-electron chi connectivity index (χ3n) is 2.26. The van der Waals surface area contributed by atoms with Crippen LogP contribution in [0.25, 0.3) is 5.65 Å². The van der Waals surface area contributed by atoms with Gasteiger partial charge in [-0.2, -0.15) is 0 Å². The van der Waals surface area contributed by atoms with Crippen molar-refractivity contribution in [3.05, 3.63) is 34.2 Å². The van der Waals surface area contributed by atoms with Gasteiger partial charge in [0.1, 0.15) is 5.65 Å². The lowest BCUT2D eigenvalue weighted by molar-refractivity contribution is 1.02. The highest BCUT2D eigenvalue weighted by molar-refractivity contribution is 9.10. The summed E-state index contributed by atoms with van der Waals surface area (Å²) in [5.74, 6) is 0. The Morgan fingerprint density at radius 2 is 2.31 bits per heavy atom. The van der Waals surface area contributed by atoms with Crippen LogP contribution in [0.5, 0.6) is 0 Å². The Labute approximate surface area is 85.7 Å². The molecule has 68 valence electrons. The molecule has 0 radical (unpaired) electrons. The largest absolute Gasteiger partial charge is 0.304 e. The van der Waals surface area contributed by atoms with Crippen LogP contribution in [-0.2, 0) is 6.42 Å². The molecule has 0 bridgehead atoms. The summed E-state index contributed by atoms with van der Waals surface area (Å²) in [6, 6.07) is 4.06. The molecule has 0 N–H and O–H groups in total. The molecule has 2 nitrogen and oxygen atoms in total. The highest BCUT2D eigenvalue weighted by Crippen LogP contribution is 2.16. The van der Waals surface area contributed by atoms with Crippen LogP contribution >= 0.6 is 15.9 Å². The molecule has 2 rings (SSSR count). The lowest BCUT2D eigenvalue weighted by Gasteiger charge is -1.96. The van der Waals surface area contributed by atoms with E-state index in [9.17, 15) is 0 Å². The van der Waals surface area contributed by atoms with Crippen LogP contribution in [0.15, 0.2) is 22.8 Å². The van der Waals surface area contributed by atoms with Crippen LogP contribution in [0.3, 0.4) is 0 Å². The van der Waals surface area contributed by atoms with Crippen molar-refractivity contribution in [2.24, 2.45) is 0 Å². The number of halogens is 1. The van der Waals surface area contributed by atoms with Gasteiger partial charge in [0, 0.05) is 16.4 Å². The Bertz CT molecular complexity index is 445. The van der Waals surface area contributed by atoms with Crippen molar-refractivity contribution < 1.29 is 0 Å². The topological polar surface area (TPSA) is 17.3 Å². The summed E-state index contributed by atoms with van der Waals surface area (Å²) in [6.07, 6.45) is 3.03. The van der Waals surface area contributed by atoms with Crippen LogP contribution in [0, 0.1) is 6.92 Å². The minimum Gasteiger partial charge on any atom is -0.304 e. The molecule has 0 aliphatic carbocycles. The van der Waals surface area contributed by atoms with Crippen LogP contribution < -0.4 is 0 Å². The number of rotatable bonds is 1. The van der Waals surface area contributed by atoms with Crippen molar-refractivity contribution in [1.82, 2.24) is 9.38 Å². The first-order valence-electron chi connectivity index (χ1n) is 4.35. The second-order valence-corrected chi connectivity index (χ2v) is 3.99. The molecular weight excluding hydrogens is 228 g/mol. The van der Waals surface area contributed by atoms with E-state index in [2.05, 4.69) is 39.2 Å². The summed E-state index contributed by atoms with van der Waals surface area (Å²) in [6.45, 7) is 4.23. The van der Waals surface area contributed by atoms with Crippen molar-refractivity contribution in [3.63, 3.8) is 0 Å². The highest BCUT2D eigenvalue weighted by atomic mass is 79.9. The molecule has 0 saturated heterocycles. The Morgan fingerprint density at radius 3 is 3.00 bits per heavy atom. The number of fused-ring (bicyclic) bond motifs is 1. The predicted octanol–water partition coefficient (Wildman–Crippen LogP) is 2.97. The van der Waals surface area contributed by atoms with E-state index < -0.39 is 0 Å². The van der Waals surface area contributed by atoms with E-state index in [0.29, 0.717) is 0 Å². The van der Waals surface area contributed by atoms with E-state index in [1.54, 1.807) is 0 Å². The van der Waals surface area contributed by atoms with Gasteiger partial charge >= 0.3 is 0 Å². The minimum atomic E-state index is 0.991. The van der Waals surface area contributed by atoms with Gasteiger partial charge in [-0.3, -0.25) is 0 Å². The summed E-state index contributed by atoms with van der Waals surface area (Å²) in [5.41, 5.74) is 3.44. The van der Waals surface area contributed by atoms with Gasteiger partial charge in [-0.15, -0.1) is 0 Å². The molecule has 0 aliphatic rings. The van der Waals surface area contributed by atoms with Gasteiger partial charge < -0.3 is 4.40 Å². The van der Waals surface area contributed by atoms with Crippen molar-refractivity contribution in [2.45, 2.75) is 20.3 Å². The predicted molar refractivity (Wildman–Crippen MR) is 57.0 cm³/mol. The van der Waals surface area contributed by atoms with Crippen molar-refractivity contribution in [1.29, 1.82) is 0 Å². The zero-order valence-corrected chi connectivity index (χ0v) is 9.30. The van der Waals surface area contributed by atoms with E-state index in [-0.39, 0.29) is 0 Å². The van der Waals surface area contributed by atoms with Gasteiger partial charge in [0.15, 0.2) is 0 Å². The standard InChI is InChI=1S/C10H11BrN2/c1-3-9-7(2)13-5-4-8(11)6-10(13)12-9/h4-6H,3H2,1-2H3. The molecule has 2 heterocycles. The molecular formula is C10H11BrN2. The lowest BCUT2D eigenvalue weighted by Crippen LogP contribution is -1.87. The molecule has 2 aromatic heterocycles. The minimum absolute atomic E-state index is 0.991. The number of nitrogens with zero attached hydrogens (tertiary/aromatic N) is 2. The summed E-state index contributed by atoms with van der Waals surface area (Å²) in [7, 11) is 0. The summed E-state index contributed by atoms with van der Waals surface area (Å²) < 4.78 is 3.19. The molecule has 0 atom stereocenters. The number of imidazole rings is 1. The first-order valence-corrected chi connectivity index (χ1v) is 5.14. The molecule has 2 aromatic rings. The number of aryl methyl sites for hydroxylation is 2. The van der Waals surface area contributed by atoms with E-state index in [1.165, 1.54) is 11.4 Å². The zero-order valence-electron chi connectivity index (χ0n) is 7.71. The van der Waals surface area contributed by atoms with Crippen LogP contribution in [0.4, 0.5) is 0 Å². The first-order chi connectivity index (χ1) is 6.22. The fourth-order valence-corrected chi connectivity index (χ4v) is 1.85. The van der Waals surface area contributed by atoms with Crippen molar-refractivity contribution in [2.75, 3.05) is 0 Å². The Kier molecular flexibility index (Phi) is 2.12. The second-order valence-electron chi connectivity index (χ2n) is 3.07. The molecule has 0 aliphatic heterocycles. The summed E-state index contributed by atoms with van der Waals surface area (Å²) in [5, 5.41) is 0. The van der Waals surface area contributed by atoms with Gasteiger partial charge in [0.25, 0.3) is 0 Å². The van der Waals surface area contributed by atoms with Crippen molar-refractivity contribution >= 4 is 21.6 Å². The third-order valence-corrected chi connectivity index (χ3v) is 2.75. The Balaban J connectivity index is 2.76. The number of hydrogen-bond acceptors (Lipinski definition) is 1. The van der Waals surface area contributed by atoms with E-state index in [0.717, 1.165) is 16.5 Å². The van der Waals surface area contributed by atoms with Gasteiger partial charge in [-0.25, -0.2) is 4.98 Å². The molecule has 0 amide bonds. The van der Waals surface area contributed by atoms with E-state index >= 15 is 0 Å². The Morgan fingerprint density at radius 1 is 1.54 bits per heavy atom. The number of pyridine rings is 1. The quantitative estimate of drug-likeness (QED) is 0.747.